The summed E-state index contributed by atoms with van der Waals surface area (Å²) in [6.45, 7) is 3.14. The first-order chi connectivity index (χ1) is 6.31. The average Bonchev–Trinajstić information content (AvgIpc) is 2.16. The van der Waals surface area contributed by atoms with Gasteiger partial charge in [-0.1, -0.05) is 50.8 Å². The van der Waals surface area contributed by atoms with Gasteiger partial charge in [0.25, 0.3) is 0 Å². The number of thioether (sulfide) groups is 1. The quantitative estimate of drug-likeness (QED) is 0.391. The van der Waals surface area contributed by atoms with Crippen molar-refractivity contribution >= 4 is 16.9 Å². The van der Waals surface area contributed by atoms with E-state index in [9.17, 15) is 0 Å². The Kier molecular flexibility index (Phi) is 9.77. The van der Waals surface area contributed by atoms with Gasteiger partial charge in [0.2, 0.25) is 0 Å². The molecule has 0 aliphatic rings. The number of hydrogen-bond donors (Lipinski definition) is 1. The van der Waals surface area contributed by atoms with Gasteiger partial charge in [0.05, 0.1) is 0 Å². The fourth-order valence-electron chi connectivity index (χ4n) is 1.15. The van der Waals surface area contributed by atoms with E-state index in [0.717, 1.165) is 6.54 Å². The van der Waals surface area contributed by atoms with Crippen LogP contribution in [0.3, 0.4) is 0 Å². The summed E-state index contributed by atoms with van der Waals surface area (Å²) in [4.78, 5) is 4.22. The molecule has 0 aliphatic heterocycles. The van der Waals surface area contributed by atoms with Crippen molar-refractivity contribution in [1.82, 2.24) is 0 Å². The third kappa shape index (κ3) is 9.74. The van der Waals surface area contributed by atoms with Crippen molar-refractivity contribution in [2.75, 3.05) is 12.8 Å². The average molecular weight is 202 g/mol. The maximum absolute atomic E-state index is 5.55. The van der Waals surface area contributed by atoms with Crippen LogP contribution in [0.4, 0.5) is 0 Å². The molecule has 0 aliphatic carbocycles. The molecule has 13 heavy (non-hydrogen) atoms. The summed E-state index contributed by atoms with van der Waals surface area (Å²) in [5.41, 5.74) is 5.55. The van der Waals surface area contributed by atoms with Crippen molar-refractivity contribution in [3.8, 4) is 0 Å². The predicted molar refractivity (Wildman–Crippen MR) is 63.4 cm³/mol. The monoisotopic (exact) mass is 202 g/mol. The number of nitrogens with two attached hydrogens (primary N) is 1. The molecule has 0 saturated heterocycles. The summed E-state index contributed by atoms with van der Waals surface area (Å²) < 4.78 is 0. The third-order valence-corrected chi connectivity index (χ3v) is 2.54. The van der Waals surface area contributed by atoms with E-state index in [1.54, 1.807) is 0 Å². The van der Waals surface area contributed by atoms with Crippen molar-refractivity contribution in [3.63, 3.8) is 0 Å². The van der Waals surface area contributed by atoms with E-state index in [1.165, 1.54) is 50.3 Å². The molecule has 0 aromatic rings. The summed E-state index contributed by atoms with van der Waals surface area (Å²) in [6, 6.07) is 0. The topological polar surface area (TPSA) is 38.4 Å². The van der Waals surface area contributed by atoms with Crippen LogP contribution >= 0.6 is 11.8 Å². The highest BCUT2D eigenvalue weighted by molar-refractivity contribution is 8.13. The zero-order chi connectivity index (χ0) is 9.94. The molecule has 0 unspecified atom stereocenters. The van der Waals surface area contributed by atoms with Crippen LogP contribution in [0, 0.1) is 0 Å². The molecule has 0 fully saturated rings. The Labute approximate surface area is 86.4 Å². The van der Waals surface area contributed by atoms with E-state index in [0.29, 0.717) is 5.17 Å². The summed E-state index contributed by atoms with van der Waals surface area (Å²) in [5, 5.41) is 0.716. The number of aliphatic imine (C=N–C) groups is 1. The lowest BCUT2D eigenvalue weighted by Gasteiger charge is -1.98. The maximum atomic E-state index is 5.55. The molecule has 0 spiro atoms. The zero-order valence-electron chi connectivity index (χ0n) is 8.88. The van der Waals surface area contributed by atoms with Crippen LogP contribution in [-0.4, -0.2) is 18.0 Å². The van der Waals surface area contributed by atoms with Crippen molar-refractivity contribution in [3.05, 3.63) is 0 Å². The maximum Gasteiger partial charge on any atom is 0.153 e. The smallest absolute Gasteiger partial charge is 0.153 e. The lowest BCUT2D eigenvalue weighted by Crippen LogP contribution is -2.06. The van der Waals surface area contributed by atoms with Gasteiger partial charge in [0, 0.05) is 6.54 Å². The number of nitrogens with zero attached hydrogens (tertiary/aromatic N) is 1. The molecule has 0 radical (unpaired) electrons. The third-order valence-electron chi connectivity index (χ3n) is 1.99. The van der Waals surface area contributed by atoms with Gasteiger partial charge in [-0.2, -0.15) is 0 Å². The second-order valence-electron chi connectivity index (χ2n) is 3.19. The van der Waals surface area contributed by atoms with E-state index in [2.05, 4.69) is 11.9 Å². The highest BCUT2D eigenvalue weighted by atomic mass is 32.2. The van der Waals surface area contributed by atoms with Crippen LogP contribution < -0.4 is 5.73 Å². The molecule has 0 bridgehead atoms. The van der Waals surface area contributed by atoms with Gasteiger partial charge in [-0.15, -0.1) is 0 Å². The van der Waals surface area contributed by atoms with E-state index in [-0.39, 0.29) is 0 Å². The van der Waals surface area contributed by atoms with Gasteiger partial charge in [0.1, 0.15) is 0 Å². The Morgan fingerprint density at radius 3 is 2.38 bits per heavy atom. The van der Waals surface area contributed by atoms with Crippen molar-refractivity contribution < 1.29 is 0 Å². The molecule has 0 rings (SSSR count). The van der Waals surface area contributed by atoms with Crippen LogP contribution in [0.2, 0.25) is 0 Å². The van der Waals surface area contributed by atoms with Gasteiger partial charge in [-0.25, -0.2) is 0 Å². The van der Waals surface area contributed by atoms with E-state index in [4.69, 9.17) is 5.73 Å². The largest absolute Gasteiger partial charge is 0.379 e. The molecule has 0 aromatic carbocycles. The van der Waals surface area contributed by atoms with Crippen molar-refractivity contribution in [2.45, 2.75) is 45.4 Å². The molecule has 2 nitrogen and oxygen atoms in total. The molecule has 0 amide bonds. The summed E-state index contributed by atoms with van der Waals surface area (Å²) >= 11 is 1.52. The lowest BCUT2D eigenvalue weighted by molar-refractivity contribution is 0.612. The number of unbranched alkanes of at least 4 members (excludes halogenated alkanes) is 5. The molecule has 0 atom stereocenters. The highest BCUT2D eigenvalue weighted by Crippen LogP contribution is 2.05. The second-order valence-corrected chi connectivity index (χ2v) is 4.02. The molecular formula is C10H22N2S. The van der Waals surface area contributed by atoms with Gasteiger partial charge in [-0.05, 0) is 12.7 Å². The van der Waals surface area contributed by atoms with Crippen LogP contribution in [0.5, 0.6) is 0 Å². The minimum absolute atomic E-state index is 0.716. The van der Waals surface area contributed by atoms with Crippen LogP contribution in [0.15, 0.2) is 4.99 Å². The standard InChI is InChI=1S/C10H22N2S/c1-3-4-5-6-7-8-9-12-10(11)13-2/h3-9H2,1-2H3,(H2,11,12). The Hall–Kier alpha value is -0.180. The lowest BCUT2D eigenvalue weighted by atomic mass is 10.1. The Bertz CT molecular complexity index is 135. The number of hydrogen-bond acceptors (Lipinski definition) is 2. The van der Waals surface area contributed by atoms with Crippen LogP contribution in [-0.2, 0) is 0 Å². The number of amidine groups is 1. The molecule has 0 saturated carbocycles. The molecule has 78 valence electrons. The fraction of sp³-hybridized carbons (Fsp3) is 0.900. The van der Waals surface area contributed by atoms with Gasteiger partial charge >= 0.3 is 0 Å². The van der Waals surface area contributed by atoms with Crippen molar-refractivity contribution in [1.29, 1.82) is 0 Å². The molecule has 2 N–H and O–H groups in total. The second kappa shape index (κ2) is 9.90. The van der Waals surface area contributed by atoms with Gasteiger partial charge in [0.15, 0.2) is 5.17 Å². The van der Waals surface area contributed by atoms with Gasteiger partial charge < -0.3 is 5.73 Å². The first kappa shape index (κ1) is 12.8. The Morgan fingerprint density at radius 1 is 1.15 bits per heavy atom. The van der Waals surface area contributed by atoms with E-state index < -0.39 is 0 Å². The van der Waals surface area contributed by atoms with Crippen LogP contribution in [0.1, 0.15) is 45.4 Å². The minimum Gasteiger partial charge on any atom is -0.379 e. The molecule has 3 heteroatoms. The Balaban J connectivity index is 3.08. The molecule has 0 heterocycles. The summed E-state index contributed by atoms with van der Waals surface area (Å²) in [6.07, 6.45) is 9.85. The first-order valence-corrected chi connectivity index (χ1v) is 6.37. The molecule has 0 aromatic heterocycles. The van der Waals surface area contributed by atoms with E-state index in [1.807, 2.05) is 6.26 Å². The van der Waals surface area contributed by atoms with Crippen molar-refractivity contribution in [2.24, 2.45) is 10.7 Å². The predicted octanol–water partition coefficient (Wildman–Crippen LogP) is 3.02. The summed E-state index contributed by atoms with van der Waals surface area (Å²) in [7, 11) is 0. The highest BCUT2D eigenvalue weighted by Gasteiger charge is 1.90. The minimum atomic E-state index is 0.716. The number of rotatable bonds is 7. The zero-order valence-corrected chi connectivity index (χ0v) is 9.70. The first-order valence-electron chi connectivity index (χ1n) is 5.15. The van der Waals surface area contributed by atoms with Crippen LogP contribution in [0.25, 0.3) is 0 Å². The van der Waals surface area contributed by atoms with E-state index >= 15 is 0 Å². The molecular weight excluding hydrogens is 180 g/mol. The fourth-order valence-corrected chi connectivity index (χ4v) is 1.37. The Morgan fingerprint density at radius 2 is 1.77 bits per heavy atom. The summed E-state index contributed by atoms with van der Waals surface area (Å²) in [5.74, 6) is 0. The van der Waals surface area contributed by atoms with Gasteiger partial charge in [-0.3, -0.25) is 4.99 Å². The normalized spacial score (nSPS) is 12.0. The SMILES string of the molecule is CCCCCCCCN=C(N)SC.